The van der Waals surface area contributed by atoms with E-state index in [1.54, 1.807) is 18.2 Å². The number of rotatable bonds is 7. The molecule has 0 spiro atoms. The van der Waals surface area contributed by atoms with Crippen LogP contribution in [0.4, 0.5) is 29.1 Å². The third kappa shape index (κ3) is 6.92. The van der Waals surface area contributed by atoms with Gasteiger partial charge < -0.3 is 0 Å². The van der Waals surface area contributed by atoms with E-state index in [0.29, 0.717) is 30.2 Å². The Bertz CT molecular complexity index is 1400. The summed E-state index contributed by atoms with van der Waals surface area (Å²) < 4.78 is 61.8. The van der Waals surface area contributed by atoms with Crippen LogP contribution in [-0.2, 0) is 0 Å². The SMILES string of the molecule is CNC(=O)c1cc(OC)c(NCC#Cc2nn3c(N[C@@H]4CCN(C)C[C@@H]4F)cccc3c2[Se]C(F)(F)F)cn1. The summed E-state index contributed by atoms with van der Waals surface area (Å²) in [5.41, 5.74) is 0.898. The maximum atomic E-state index is 14.6. The van der Waals surface area contributed by atoms with Gasteiger partial charge >= 0.3 is 222 Å². The Balaban J connectivity index is 1.59. The molecule has 3 N–H and O–H groups in total. The van der Waals surface area contributed by atoms with Gasteiger partial charge in [-0.25, -0.2) is 0 Å². The summed E-state index contributed by atoms with van der Waals surface area (Å²) in [5, 5.41) is 8.55. The Morgan fingerprint density at radius 1 is 1.33 bits per heavy atom. The van der Waals surface area contributed by atoms with Crippen LogP contribution >= 0.6 is 0 Å². The molecule has 0 aliphatic carbocycles. The van der Waals surface area contributed by atoms with Crippen LogP contribution in [0, 0.1) is 11.8 Å². The number of piperidine rings is 1. The zero-order chi connectivity index (χ0) is 28.2. The standard InChI is InChI=1S/C25H27F4N7O2Se/c1-30-24(37)18-12-21(38-3)19(13-32-18)31-10-5-6-17-23(39-25(27,28)29)20-7-4-8-22(36(20)34-17)33-16-9-11-35(2)14-15(16)26/h4,7-8,12-13,15-16,31,33H,9-11,14H2,1-3H3,(H,30,37)/t15-,16+/m0/s1. The first kappa shape index (κ1) is 28.5. The topological polar surface area (TPSA) is 95.8 Å². The molecule has 14 heteroatoms. The van der Waals surface area contributed by atoms with Gasteiger partial charge in [-0.1, -0.05) is 0 Å². The molecule has 0 radical (unpaired) electrons. The van der Waals surface area contributed by atoms with Crippen molar-refractivity contribution < 1.29 is 27.1 Å². The van der Waals surface area contributed by atoms with Gasteiger partial charge in [-0.3, -0.25) is 0 Å². The van der Waals surface area contributed by atoms with Crippen LogP contribution in [0.25, 0.3) is 5.52 Å². The molecule has 1 aliphatic rings. The van der Waals surface area contributed by atoms with Gasteiger partial charge in [0.15, 0.2) is 0 Å². The van der Waals surface area contributed by atoms with Gasteiger partial charge in [0.25, 0.3) is 0 Å². The van der Waals surface area contributed by atoms with E-state index in [9.17, 15) is 22.4 Å². The maximum absolute atomic E-state index is 14.6. The van der Waals surface area contributed by atoms with Crippen LogP contribution in [0.15, 0.2) is 30.5 Å². The van der Waals surface area contributed by atoms with E-state index in [1.807, 2.05) is 11.9 Å². The van der Waals surface area contributed by atoms with Crippen molar-refractivity contribution in [3.63, 3.8) is 0 Å². The van der Waals surface area contributed by atoms with Gasteiger partial charge in [0, 0.05) is 7.05 Å². The molecule has 1 saturated heterocycles. The molecule has 0 aromatic carbocycles. The summed E-state index contributed by atoms with van der Waals surface area (Å²) in [6.07, 6.45) is 0.832. The summed E-state index contributed by atoms with van der Waals surface area (Å²) in [6.45, 7) is 1.02. The number of anilines is 2. The normalized spacial score (nSPS) is 17.8. The molecule has 1 aliphatic heterocycles. The number of aromatic nitrogens is 3. The minimum absolute atomic E-state index is 0.000467. The first-order valence-electron chi connectivity index (χ1n) is 11.9. The van der Waals surface area contributed by atoms with Crippen LogP contribution in [0.1, 0.15) is 22.6 Å². The molecule has 0 unspecified atom stereocenters. The number of ether oxygens (including phenoxy) is 1. The molecule has 3 aromatic rings. The van der Waals surface area contributed by atoms with Gasteiger partial charge in [-0.15, -0.1) is 0 Å². The molecular weight excluding hydrogens is 585 g/mol. The Morgan fingerprint density at radius 2 is 2.13 bits per heavy atom. The molecule has 208 valence electrons. The second-order valence-electron chi connectivity index (χ2n) is 8.76. The van der Waals surface area contributed by atoms with Crippen molar-refractivity contribution >= 4 is 42.3 Å². The van der Waals surface area contributed by atoms with Crippen LogP contribution < -0.4 is 25.1 Å². The number of methoxy groups -OCH3 is 1. The molecule has 3 aromatic heterocycles. The van der Waals surface area contributed by atoms with E-state index in [-0.39, 0.29) is 40.4 Å². The molecule has 1 fully saturated rings. The van der Waals surface area contributed by atoms with E-state index in [1.165, 1.54) is 30.9 Å². The van der Waals surface area contributed by atoms with Gasteiger partial charge in [0.1, 0.15) is 0 Å². The number of halogens is 4. The van der Waals surface area contributed by atoms with E-state index >= 15 is 0 Å². The molecule has 4 rings (SSSR count). The number of nitrogens with one attached hydrogen (secondary N) is 3. The minimum atomic E-state index is -4.42. The molecule has 2 atom stereocenters. The van der Waals surface area contributed by atoms with Crippen molar-refractivity contribution in [1.29, 1.82) is 0 Å². The molecule has 4 heterocycles. The Labute approximate surface area is 228 Å². The number of alkyl halides is 4. The predicted octanol–water partition coefficient (Wildman–Crippen LogP) is 1.86. The number of likely N-dealkylation sites (tertiary alicyclic amines) is 1. The average Bonchev–Trinajstić information content (AvgIpc) is 3.24. The quantitative estimate of drug-likeness (QED) is 0.213. The van der Waals surface area contributed by atoms with Crippen molar-refractivity contribution in [2.45, 2.75) is 23.7 Å². The number of nitrogens with zero attached hydrogens (tertiary/aromatic N) is 4. The summed E-state index contributed by atoms with van der Waals surface area (Å²) >= 11 is -1.90. The third-order valence-electron chi connectivity index (χ3n) is 6.03. The van der Waals surface area contributed by atoms with E-state index in [4.69, 9.17) is 4.74 Å². The fourth-order valence-electron chi connectivity index (χ4n) is 4.12. The fourth-order valence-corrected chi connectivity index (χ4v) is 5.55. The number of hydrogen-bond acceptors (Lipinski definition) is 7. The van der Waals surface area contributed by atoms with Crippen LogP contribution in [0.5, 0.6) is 5.75 Å². The molecule has 1 amide bonds. The Kier molecular flexibility index (Phi) is 8.84. The fraction of sp³-hybridized carbons (Fsp3) is 0.400. The molecular formula is C25H27F4N7O2Se. The number of hydrogen-bond donors (Lipinski definition) is 3. The average molecular weight is 612 g/mol. The van der Waals surface area contributed by atoms with Crippen LogP contribution in [0.3, 0.4) is 0 Å². The molecule has 9 nitrogen and oxygen atoms in total. The zero-order valence-electron chi connectivity index (χ0n) is 21.4. The summed E-state index contributed by atoms with van der Waals surface area (Å²) in [4.78, 5) is 17.8. The Morgan fingerprint density at radius 3 is 2.82 bits per heavy atom. The van der Waals surface area contributed by atoms with Gasteiger partial charge in [0.05, 0.1) is 0 Å². The zero-order valence-corrected chi connectivity index (χ0v) is 23.1. The third-order valence-corrected chi connectivity index (χ3v) is 7.79. The van der Waals surface area contributed by atoms with Crippen LogP contribution in [-0.4, -0.2) is 98.5 Å². The van der Waals surface area contributed by atoms with Crippen molar-refractivity contribution in [3.8, 4) is 17.6 Å². The number of amides is 1. The second kappa shape index (κ2) is 12.1. The van der Waals surface area contributed by atoms with E-state index in [0.717, 1.165) is 0 Å². The number of carbonyl (C=O) groups is 1. The first-order chi connectivity index (χ1) is 18.6. The van der Waals surface area contributed by atoms with Crippen molar-refractivity contribution in [3.05, 3.63) is 41.9 Å². The van der Waals surface area contributed by atoms with Gasteiger partial charge in [-0.2, -0.15) is 0 Å². The monoisotopic (exact) mass is 613 g/mol. The number of pyridine rings is 2. The predicted molar refractivity (Wildman–Crippen MR) is 141 cm³/mol. The van der Waals surface area contributed by atoms with Crippen molar-refractivity contribution in [2.75, 3.05) is 51.5 Å². The Hall–Kier alpha value is -3.53. The number of carbonyl (C=O) groups excluding carboxylic acids is 1. The molecule has 0 saturated carbocycles. The van der Waals surface area contributed by atoms with Gasteiger partial charge in [-0.05, 0) is 0 Å². The van der Waals surface area contributed by atoms with Crippen molar-refractivity contribution in [1.82, 2.24) is 24.8 Å². The molecule has 0 bridgehead atoms. The van der Waals surface area contributed by atoms with Gasteiger partial charge in [0.2, 0.25) is 0 Å². The van der Waals surface area contributed by atoms with E-state index < -0.39 is 32.2 Å². The first-order valence-corrected chi connectivity index (χ1v) is 13.7. The van der Waals surface area contributed by atoms with E-state index in [2.05, 4.69) is 37.9 Å². The summed E-state index contributed by atoms with van der Waals surface area (Å²) in [6, 6.07) is 5.82. The number of fused-ring (bicyclic) bond motifs is 1. The molecule has 39 heavy (non-hydrogen) atoms. The summed E-state index contributed by atoms with van der Waals surface area (Å²) in [7, 11) is 4.76. The van der Waals surface area contributed by atoms with Crippen LogP contribution in [0.2, 0.25) is 0 Å². The second-order valence-corrected chi connectivity index (χ2v) is 11.0. The van der Waals surface area contributed by atoms with Crippen molar-refractivity contribution in [2.24, 2.45) is 0 Å². The summed E-state index contributed by atoms with van der Waals surface area (Å²) in [5.74, 6) is 5.95.